The Hall–Kier alpha value is -0.810. The number of para-hydroxylation sites is 1. The number of hydrogen-bond acceptors (Lipinski definition) is 3. The minimum Gasteiger partial charge on any atom is -0.306 e. The quantitative estimate of drug-likeness (QED) is 0.810. The van der Waals surface area contributed by atoms with Crippen molar-refractivity contribution >= 4 is 37.2 Å². The third kappa shape index (κ3) is 2.90. The molecule has 17 heavy (non-hydrogen) atoms. The molecule has 2 aromatic rings. The molecule has 2 heterocycles. The maximum atomic E-state index is 4.07. The summed E-state index contributed by atoms with van der Waals surface area (Å²) in [6.07, 6.45) is 1.77. The molecule has 0 spiro atoms. The van der Waals surface area contributed by atoms with Crippen molar-refractivity contribution in [3.8, 4) is 5.69 Å². The number of benzene rings is 1. The van der Waals surface area contributed by atoms with Gasteiger partial charge in [-0.15, -0.1) is 47.4 Å². The first-order valence-corrected chi connectivity index (χ1v) is 4.63. The fourth-order valence-corrected chi connectivity index (χ4v) is 1.78. The molecular weight excluding hydrogens is 282 g/mol. The number of rotatable bonds is 0. The molecule has 0 atom stereocenters. The number of nitrogens with zero attached hydrogens (tertiary/aromatic N) is 3. The number of hydrogen-bond donors (Lipinski definition) is 1. The third-order valence-electron chi connectivity index (χ3n) is 2.47. The molecule has 0 fully saturated rings. The summed E-state index contributed by atoms with van der Waals surface area (Å²) in [5, 5.41) is 11.3. The van der Waals surface area contributed by atoms with Crippen molar-refractivity contribution in [2.24, 2.45) is 0 Å². The van der Waals surface area contributed by atoms with Gasteiger partial charge in [-0.3, -0.25) is 4.57 Å². The van der Waals surface area contributed by atoms with E-state index < -0.39 is 0 Å². The van der Waals surface area contributed by atoms with E-state index in [0.717, 1.165) is 18.9 Å². The summed E-state index contributed by atoms with van der Waals surface area (Å²) in [4.78, 5) is 0. The summed E-state index contributed by atoms with van der Waals surface area (Å²) in [6, 6.07) is 8.30. The van der Waals surface area contributed by atoms with Gasteiger partial charge in [-0.1, -0.05) is 18.2 Å². The van der Waals surface area contributed by atoms with Gasteiger partial charge in [0.25, 0.3) is 0 Å². The van der Waals surface area contributed by atoms with Crippen LogP contribution in [0, 0.1) is 0 Å². The molecule has 1 aliphatic heterocycles. The van der Waals surface area contributed by atoms with Gasteiger partial charge in [0.1, 0.15) is 6.33 Å². The normalized spacial score (nSPS) is 11.8. The molecule has 1 N–H and O–H groups in total. The van der Waals surface area contributed by atoms with E-state index in [2.05, 4.69) is 33.7 Å². The van der Waals surface area contributed by atoms with Crippen molar-refractivity contribution in [2.45, 2.75) is 13.1 Å². The molecule has 0 aliphatic carbocycles. The summed E-state index contributed by atoms with van der Waals surface area (Å²) in [5.41, 5.74) is 2.46. The van der Waals surface area contributed by atoms with Gasteiger partial charge in [0.15, 0.2) is 5.82 Å². The van der Waals surface area contributed by atoms with E-state index in [1.54, 1.807) is 6.33 Å². The Morgan fingerprint density at radius 3 is 2.65 bits per heavy atom. The zero-order valence-corrected chi connectivity index (χ0v) is 11.3. The monoisotopic (exact) mass is 294 g/mol. The molecule has 0 amide bonds. The molecule has 0 radical (unpaired) electrons. The van der Waals surface area contributed by atoms with Crippen LogP contribution in [0.25, 0.3) is 5.69 Å². The van der Waals surface area contributed by atoms with E-state index in [-0.39, 0.29) is 37.2 Å². The first-order valence-electron chi connectivity index (χ1n) is 4.63. The predicted octanol–water partition coefficient (Wildman–Crippen LogP) is 2.14. The van der Waals surface area contributed by atoms with Crippen LogP contribution in [0.2, 0.25) is 0 Å². The Morgan fingerprint density at radius 2 is 1.82 bits per heavy atom. The van der Waals surface area contributed by atoms with Crippen molar-refractivity contribution in [2.75, 3.05) is 0 Å². The van der Waals surface area contributed by atoms with E-state index in [9.17, 15) is 0 Å². The van der Waals surface area contributed by atoms with Crippen LogP contribution in [-0.4, -0.2) is 14.8 Å². The van der Waals surface area contributed by atoms with Gasteiger partial charge in [0, 0.05) is 6.54 Å². The lowest BCUT2D eigenvalue weighted by Crippen LogP contribution is -2.11. The highest BCUT2D eigenvalue weighted by Crippen LogP contribution is 2.17. The van der Waals surface area contributed by atoms with E-state index in [4.69, 9.17) is 0 Å². The standard InChI is InChI=1S/C10H10N4.3ClH/c1-2-4-9-8(3-1)5-11-6-10-13-12-7-14(9)10;;;/h1-4,7,11H,5-6H2;3*1H. The van der Waals surface area contributed by atoms with E-state index >= 15 is 0 Å². The number of fused-ring (bicyclic) bond motifs is 3. The lowest BCUT2D eigenvalue weighted by atomic mass is 10.2. The Morgan fingerprint density at radius 1 is 1.06 bits per heavy atom. The lowest BCUT2D eigenvalue weighted by Gasteiger charge is -2.05. The van der Waals surface area contributed by atoms with Crippen molar-refractivity contribution in [3.63, 3.8) is 0 Å². The molecular formula is C10H13Cl3N4. The SMILES string of the molecule is Cl.Cl.Cl.c1ccc2c(c1)CNCc1nncn1-2. The van der Waals surface area contributed by atoms with Crippen molar-refractivity contribution in [1.29, 1.82) is 0 Å². The predicted molar refractivity (Wildman–Crippen MR) is 73.6 cm³/mol. The average Bonchev–Trinajstić information content (AvgIpc) is 2.61. The second kappa shape index (κ2) is 6.81. The van der Waals surface area contributed by atoms with Crippen LogP contribution in [0.5, 0.6) is 0 Å². The minimum atomic E-state index is 0. The molecule has 94 valence electrons. The van der Waals surface area contributed by atoms with Crippen molar-refractivity contribution < 1.29 is 0 Å². The van der Waals surface area contributed by atoms with Gasteiger partial charge in [0.2, 0.25) is 0 Å². The van der Waals surface area contributed by atoms with Crippen LogP contribution < -0.4 is 5.32 Å². The number of aromatic nitrogens is 3. The largest absolute Gasteiger partial charge is 0.306 e. The molecule has 7 heteroatoms. The van der Waals surface area contributed by atoms with Gasteiger partial charge in [0.05, 0.1) is 12.2 Å². The van der Waals surface area contributed by atoms with Gasteiger partial charge < -0.3 is 5.32 Å². The van der Waals surface area contributed by atoms with Crippen LogP contribution in [-0.2, 0) is 13.1 Å². The Kier molecular flexibility index (Phi) is 6.49. The first-order chi connectivity index (χ1) is 6.95. The number of nitrogens with one attached hydrogen (secondary N) is 1. The molecule has 1 aromatic carbocycles. The summed E-state index contributed by atoms with van der Waals surface area (Å²) >= 11 is 0. The maximum Gasteiger partial charge on any atom is 0.151 e. The second-order valence-corrected chi connectivity index (χ2v) is 3.35. The second-order valence-electron chi connectivity index (χ2n) is 3.35. The minimum absolute atomic E-state index is 0. The van der Waals surface area contributed by atoms with Crippen LogP contribution >= 0.6 is 37.2 Å². The first kappa shape index (κ1) is 16.2. The lowest BCUT2D eigenvalue weighted by molar-refractivity contribution is 0.674. The molecule has 0 saturated heterocycles. The fraction of sp³-hybridized carbons (Fsp3) is 0.200. The highest BCUT2D eigenvalue weighted by atomic mass is 35.5. The molecule has 0 saturated carbocycles. The molecule has 4 nitrogen and oxygen atoms in total. The summed E-state index contributed by atoms with van der Waals surface area (Å²) in [7, 11) is 0. The van der Waals surface area contributed by atoms with E-state index in [0.29, 0.717) is 0 Å². The maximum absolute atomic E-state index is 4.07. The van der Waals surface area contributed by atoms with Gasteiger partial charge in [-0.2, -0.15) is 0 Å². The average molecular weight is 296 g/mol. The van der Waals surface area contributed by atoms with E-state index in [1.165, 1.54) is 11.3 Å². The van der Waals surface area contributed by atoms with Gasteiger partial charge in [-0.25, -0.2) is 0 Å². The fourth-order valence-electron chi connectivity index (χ4n) is 1.78. The Bertz CT molecular complexity index is 472. The zero-order valence-electron chi connectivity index (χ0n) is 8.87. The van der Waals surface area contributed by atoms with Crippen molar-refractivity contribution in [3.05, 3.63) is 42.0 Å². The number of halogens is 3. The highest BCUT2D eigenvalue weighted by molar-refractivity contribution is 5.86. The topological polar surface area (TPSA) is 42.7 Å². The van der Waals surface area contributed by atoms with Crippen LogP contribution in [0.3, 0.4) is 0 Å². The Balaban J connectivity index is 0.000000853. The summed E-state index contributed by atoms with van der Waals surface area (Å²) in [6.45, 7) is 1.66. The molecule has 1 aliphatic rings. The summed E-state index contributed by atoms with van der Waals surface area (Å²) in [5.74, 6) is 0.968. The Labute approximate surface area is 118 Å². The van der Waals surface area contributed by atoms with Crippen LogP contribution in [0.4, 0.5) is 0 Å². The van der Waals surface area contributed by atoms with Crippen LogP contribution in [0.1, 0.15) is 11.4 Å². The molecule has 0 bridgehead atoms. The molecule has 1 aromatic heterocycles. The summed E-state index contributed by atoms with van der Waals surface area (Å²) < 4.78 is 2.04. The molecule has 3 rings (SSSR count). The van der Waals surface area contributed by atoms with E-state index in [1.807, 2.05) is 10.6 Å². The van der Waals surface area contributed by atoms with Crippen LogP contribution in [0.15, 0.2) is 30.6 Å². The van der Waals surface area contributed by atoms with Gasteiger partial charge in [-0.05, 0) is 11.6 Å². The van der Waals surface area contributed by atoms with Gasteiger partial charge >= 0.3 is 0 Å². The zero-order chi connectivity index (χ0) is 9.38. The molecule has 0 unspecified atom stereocenters. The van der Waals surface area contributed by atoms with Crippen molar-refractivity contribution in [1.82, 2.24) is 20.1 Å². The highest BCUT2D eigenvalue weighted by Gasteiger charge is 2.13. The smallest absolute Gasteiger partial charge is 0.151 e. The third-order valence-corrected chi connectivity index (χ3v) is 2.47.